The molecule has 4 heterocycles. The molecule has 1 aliphatic rings. The highest BCUT2D eigenvalue weighted by Crippen LogP contribution is 2.44. The number of aromatic nitrogens is 6. The minimum Gasteiger partial charge on any atom is -0.480 e. The van der Waals surface area contributed by atoms with Crippen molar-refractivity contribution < 1.29 is 17.9 Å². The maximum Gasteiger partial charge on any atom is 0.433 e. The Morgan fingerprint density at radius 3 is 2.49 bits per heavy atom. The zero-order chi connectivity index (χ0) is 27.1. The van der Waals surface area contributed by atoms with Crippen LogP contribution in [-0.2, 0) is 12.7 Å². The lowest BCUT2D eigenvalue weighted by Gasteiger charge is -2.13. The highest BCUT2D eigenvalue weighted by molar-refractivity contribution is 5.78. The lowest BCUT2D eigenvalue weighted by Crippen LogP contribution is -2.21. The van der Waals surface area contributed by atoms with Crippen LogP contribution in [0.1, 0.15) is 35.7 Å². The van der Waals surface area contributed by atoms with E-state index in [0.29, 0.717) is 39.8 Å². The van der Waals surface area contributed by atoms with Crippen LogP contribution in [0.3, 0.4) is 0 Å². The Morgan fingerprint density at radius 1 is 0.974 bits per heavy atom. The van der Waals surface area contributed by atoms with E-state index in [4.69, 9.17) is 9.72 Å². The van der Waals surface area contributed by atoms with Crippen LogP contribution in [0, 0.1) is 0 Å². The van der Waals surface area contributed by atoms with Gasteiger partial charge in [0, 0.05) is 29.1 Å². The summed E-state index contributed by atoms with van der Waals surface area (Å²) in [6, 6.07) is 13.8. The molecule has 0 N–H and O–H groups in total. The van der Waals surface area contributed by atoms with E-state index < -0.39 is 11.9 Å². The number of hydrogen-bond donors (Lipinski definition) is 0. The van der Waals surface area contributed by atoms with Crippen molar-refractivity contribution in [2.24, 2.45) is 0 Å². The molecule has 11 heteroatoms. The van der Waals surface area contributed by atoms with E-state index in [1.54, 1.807) is 36.5 Å². The first-order valence-corrected chi connectivity index (χ1v) is 12.2. The molecule has 6 rings (SSSR count). The Labute approximate surface area is 220 Å². The molecule has 0 spiro atoms. The molecular formula is C28H21F3N6O2. The molecule has 8 nitrogen and oxygen atoms in total. The van der Waals surface area contributed by atoms with E-state index in [9.17, 15) is 18.0 Å². The van der Waals surface area contributed by atoms with Crippen molar-refractivity contribution in [3.8, 4) is 28.5 Å². The van der Waals surface area contributed by atoms with Gasteiger partial charge in [-0.2, -0.15) is 13.2 Å². The quantitative estimate of drug-likeness (QED) is 0.295. The second-order valence-electron chi connectivity index (χ2n) is 9.25. The van der Waals surface area contributed by atoms with Gasteiger partial charge < -0.3 is 4.74 Å². The maximum atomic E-state index is 13.1. The number of fused-ring (bicyclic) bond motifs is 1. The smallest absolute Gasteiger partial charge is 0.433 e. The van der Waals surface area contributed by atoms with Gasteiger partial charge in [0.25, 0.3) is 5.56 Å². The van der Waals surface area contributed by atoms with Crippen molar-refractivity contribution in [1.82, 2.24) is 29.5 Å². The minimum absolute atomic E-state index is 0.195. The van der Waals surface area contributed by atoms with Gasteiger partial charge in [0.05, 0.1) is 25.0 Å². The largest absolute Gasteiger partial charge is 0.480 e. The van der Waals surface area contributed by atoms with Gasteiger partial charge in [-0.05, 0) is 36.6 Å². The number of hydrogen-bond acceptors (Lipinski definition) is 7. The summed E-state index contributed by atoms with van der Waals surface area (Å²) in [5.41, 5.74) is 2.17. The maximum absolute atomic E-state index is 13.1. The van der Waals surface area contributed by atoms with Crippen molar-refractivity contribution in [1.29, 1.82) is 0 Å². The Morgan fingerprint density at radius 2 is 1.77 bits per heavy atom. The third-order valence-electron chi connectivity index (χ3n) is 6.58. The van der Waals surface area contributed by atoms with Gasteiger partial charge in [0.15, 0.2) is 5.82 Å². The molecule has 0 saturated heterocycles. The Kier molecular flexibility index (Phi) is 6.05. The van der Waals surface area contributed by atoms with Crippen LogP contribution < -0.4 is 10.3 Å². The number of pyridine rings is 2. The van der Waals surface area contributed by atoms with E-state index in [-0.39, 0.29) is 17.8 Å². The van der Waals surface area contributed by atoms with Gasteiger partial charge >= 0.3 is 6.18 Å². The van der Waals surface area contributed by atoms with Crippen molar-refractivity contribution in [3.05, 3.63) is 94.4 Å². The summed E-state index contributed by atoms with van der Waals surface area (Å²) in [6.07, 6.45) is 0.612. The van der Waals surface area contributed by atoms with Crippen molar-refractivity contribution >= 4 is 11.0 Å². The lowest BCUT2D eigenvalue weighted by atomic mass is 10.1. The standard InChI is InChI=1S/C28H21F3N6O2/c1-39-27-23(24(18-9-10-18)33-15-34-27)25-32-13-19-11-12-22(38)37(26(19)36-25)14-16-5-7-17(8-6-16)20-3-2-4-21(35-20)28(29,30)31/h2-8,11-13,15,18H,9-10,14H2,1H3. The molecule has 0 atom stereocenters. The second-order valence-corrected chi connectivity index (χ2v) is 9.25. The number of ether oxygens (including phenoxy) is 1. The van der Waals surface area contributed by atoms with Gasteiger partial charge in [-0.15, -0.1) is 0 Å². The molecule has 1 fully saturated rings. The minimum atomic E-state index is -4.53. The molecule has 1 aliphatic carbocycles. The van der Waals surface area contributed by atoms with Crippen LogP contribution in [-0.4, -0.2) is 36.6 Å². The number of rotatable bonds is 6. The summed E-state index contributed by atoms with van der Waals surface area (Å²) in [7, 11) is 1.53. The summed E-state index contributed by atoms with van der Waals surface area (Å²) in [5, 5.41) is 0.673. The number of halogens is 3. The topological polar surface area (TPSA) is 95.7 Å². The Bertz CT molecular complexity index is 1750. The molecule has 0 unspecified atom stereocenters. The molecule has 0 amide bonds. The number of nitrogens with zero attached hydrogens (tertiary/aromatic N) is 6. The fourth-order valence-corrected chi connectivity index (χ4v) is 4.47. The molecule has 196 valence electrons. The van der Waals surface area contributed by atoms with E-state index in [0.717, 1.165) is 30.2 Å². The summed E-state index contributed by atoms with van der Waals surface area (Å²) < 4.78 is 46.3. The average molecular weight is 531 g/mol. The fourth-order valence-electron chi connectivity index (χ4n) is 4.47. The van der Waals surface area contributed by atoms with Crippen LogP contribution in [0.5, 0.6) is 5.88 Å². The molecule has 1 aromatic carbocycles. The number of benzene rings is 1. The lowest BCUT2D eigenvalue weighted by molar-refractivity contribution is -0.141. The SMILES string of the molecule is COc1ncnc(C2CC2)c1-c1ncc2ccc(=O)n(Cc3ccc(-c4cccc(C(F)(F)F)n4)cc3)c2n1. The summed E-state index contributed by atoms with van der Waals surface area (Å²) in [6.45, 7) is 0.195. The van der Waals surface area contributed by atoms with Crippen molar-refractivity contribution in [2.75, 3.05) is 7.11 Å². The number of alkyl halides is 3. The second kappa shape index (κ2) is 9.57. The average Bonchev–Trinajstić information content (AvgIpc) is 3.80. The van der Waals surface area contributed by atoms with Crippen LogP contribution in [0.4, 0.5) is 13.2 Å². The zero-order valence-electron chi connectivity index (χ0n) is 20.7. The normalized spacial score (nSPS) is 13.5. The Hall–Kier alpha value is -4.67. The fraction of sp³-hybridized carbons (Fsp3) is 0.214. The van der Waals surface area contributed by atoms with Crippen molar-refractivity contribution in [3.63, 3.8) is 0 Å². The molecule has 0 radical (unpaired) electrons. The molecule has 1 saturated carbocycles. The van der Waals surface area contributed by atoms with Crippen LogP contribution >= 0.6 is 0 Å². The van der Waals surface area contributed by atoms with Crippen LogP contribution in [0.2, 0.25) is 0 Å². The van der Waals surface area contributed by atoms with Gasteiger partial charge in [-0.1, -0.05) is 30.3 Å². The van der Waals surface area contributed by atoms with Gasteiger partial charge in [0.2, 0.25) is 5.88 Å². The molecule has 5 aromatic rings. The van der Waals surface area contributed by atoms with E-state index in [1.165, 1.54) is 36.2 Å². The summed E-state index contributed by atoms with van der Waals surface area (Å²) in [5.74, 6) is 1.03. The summed E-state index contributed by atoms with van der Waals surface area (Å²) >= 11 is 0. The van der Waals surface area contributed by atoms with E-state index >= 15 is 0 Å². The Balaban J connectivity index is 1.37. The first-order chi connectivity index (χ1) is 18.8. The van der Waals surface area contributed by atoms with Crippen molar-refractivity contribution in [2.45, 2.75) is 31.5 Å². The zero-order valence-corrected chi connectivity index (χ0v) is 20.7. The predicted octanol–water partition coefficient (Wildman–Crippen LogP) is 5.26. The first-order valence-electron chi connectivity index (χ1n) is 12.2. The van der Waals surface area contributed by atoms with Crippen LogP contribution in [0.15, 0.2) is 71.9 Å². The first kappa shape index (κ1) is 24.7. The van der Waals surface area contributed by atoms with Gasteiger partial charge in [-0.3, -0.25) is 9.36 Å². The van der Waals surface area contributed by atoms with E-state index in [2.05, 4.69) is 19.9 Å². The molecular weight excluding hydrogens is 509 g/mol. The third-order valence-corrected chi connectivity index (χ3v) is 6.58. The highest BCUT2D eigenvalue weighted by atomic mass is 19.4. The molecule has 0 aliphatic heterocycles. The third kappa shape index (κ3) is 4.83. The number of methoxy groups -OCH3 is 1. The molecule has 4 aromatic heterocycles. The van der Waals surface area contributed by atoms with E-state index in [1.807, 2.05) is 0 Å². The molecule has 0 bridgehead atoms. The molecule has 39 heavy (non-hydrogen) atoms. The van der Waals surface area contributed by atoms with Gasteiger partial charge in [0.1, 0.15) is 23.2 Å². The van der Waals surface area contributed by atoms with Gasteiger partial charge in [-0.25, -0.2) is 24.9 Å². The summed E-state index contributed by atoms with van der Waals surface area (Å²) in [4.78, 5) is 34.7. The predicted molar refractivity (Wildman–Crippen MR) is 137 cm³/mol. The highest BCUT2D eigenvalue weighted by Gasteiger charge is 2.33. The van der Waals surface area contributed by atoms with Crippen LogP contribution in [0.25, 0.3) is 33.7 Å². The monoisotopic (exact) mass is 530 g/mol.